The first kappa shape index (κ1) is 55.3. The van der Waals surface area contributed by atoms with Gasteiger partial charge in [0.05, 0.1) is 35.1 Å². The number of nitrogens with two attached hydrogens (primary N) is 2. The molecule has 0 radical (unpaired) electrons. The second kappa shape index (κ2) is 23.5. The van der Waals surface area contributed by atoms with Crippen molar-refractivity contribution < 1.29 is 37.2 Å². The average Bonchev–Trinajstić information content (AvgIpc) is 2.26. The van der Waals surface area contributed by atoms with Crippen molar-refractivity contribution in [2.45, 2.75) is 26.4 Å². The zero-order chi connectivity index (χ0) is 60.2. The summed E-state index contributed by atoms with van der Waals surface area (Å²) < 4.78 is 23.1. The SMILES string of the molecule is CC(C)(C)OC(=O)Nc1cc(NC(=O)c2ccc3nncc(-c4cc5ccccc5o4)c3c2)ccn1.NC(=O)c1ccc2nncc(-c3cc4ccccc4o3)c2c1.Nc1cc(NC(=O)c2ccc3nncc(-c4cc5ccccc5o4)c3c2)ccn1. The number of anilines is 4. The molecule has 87 heavy (non-hydrogen) atoms. The van der Waals surface area contributed by atoms with Crippen LogP contribution < -0.4 is 27.4 Å². The van der Waals surface area contributed by atoms with Gasteiger partial charge >= 0.3 is 6.09 Å². The van der Waals surface area contributed by atoms with Crippen LogP contribution in [0.2, 0.25) is 0 Å². The van der Waals surface area contributed by atoms with E-state index in [0.29, 0.717) is 67.7 Å². The predicted octanol–water partition coefficient (Wildman–Crippen LogP) is 13.5. The molecule has 4 amide bonds. The lowest BCUT2D eigenvalue weighted by Crippen LogP contribution is -2.27. The third-order valence-electron chi connectivity index (χ3n) is 13.5. The number of pyridine rings is 2. The van der Waals surface area contributed by atoms with Gasteiger partial charge in [-0.3, -0.25) is 19.7 Å². The number of primary amides is 1. The van der Waals surface area contributed by atoms with Gasteiger partial charge in [0.2, 0.25) is 5.91 Å². The molecule has 21 heteroatoms. The van der Waals surface area contributed by atoms with Crippen LogP contribution in [-0.4, -0.2) is 70.0 Å². The van der Waals surface area contributed by atoms with E-state index in [1.807, 2.05) is 91.0 Å². The van der Waals surface area contributed by atoms with E-state index in [4.69, 9.17) is 29.5 Å². The Balaban J connectivity index is 0.000000131. The van der Waals surface area contributed by atoms with Crippen molar-refractivity contribution in [3.05, 3.63) is 218 Å². The molecule has 21 nitrogen and oxygen atoms in total. The lowest BCUT2D eigenvalue weighted by Gasteiger charge is -2.19. The Kier molecular flexibility index (Phi) is 15.0. The van der Waals surface area contributed by atoms with E-state index in [-0.39, 0.29) is 17.6 Å². The van der Waals surface area contributed by atoms with Gasteiger partial charge in [0, 0.05) is 102 Å². The molecular weight excluding hydrogens is 1100 g/mol. The highest BCUT2D eigenvalue weighted by Crippen LogP contribution is 2.36. The summed E-state index contributed by atoms with van der Waals surface area (Å²) in [6, 6.07) is 51.1. The van der Waals surface area contributed by atoms with Crippen molar-refractivity contribution in [3.8, 4) is 34.0 Å². The van der Waals surface area contributed by atoms with Crippen LogP contribution in [0, 0.1) is 0 Å². The Labute approximate surface area is 493 Å². The number of ether oxygens (including phenoxy) is 1. The molecule has 8 aromatic heterocycles. The van der Waals surface area contributed by atoms with Crippen molar-refractivity contribution >= 4 is 112 Å². The monoisotopic (exact) mass is 1150 g/mol. The largest absolute Gasteiger partial charge is 0.456 e. The first-order chi connectivity index (χ1) is 42.1. The number of hydrogen-bond donors (Lipinski definition) is 5. The van der Waals surface area contributed by atoms with E-state index in [2.05, 4.69) is 56.5 Å². The first-order valence-corrected chi connectivity index (χ1v) is 27.0. The van der Waals surface area contributed by atoms with Crippen LogP contribution in [0.1, 0.15) is 51.8 Å². The third-order valence-corrected chi connectivity index (χ3v) is 13.5. The number of aromatic nitrogens is 8. The lowest BCUT2D eigenvalue weighted by atomic mass is 10.0. The number of furan rings is 3. The molecule has 0 bridgehead atoms. The fraction of sp³-hybridized carbons (Fsp3) is 0.0606. The number of nitrogens with one attached hydrogen (secondary N) is 3. The van der Waals surface area contributed by atoms with Gasteiger partial charge in [-0.05, 0) is 124 Å². The number of nitrogen functional groups attached to an aromatic ring is 1. The fourth-order valence-electron chi connectivity index (χ4n) is 9.46. The van der Waals surface area contributed by atoms with Gasteiger partial charge in [-0.25, -0.2) is 14.8 Å². The second-order valence-electron chi connectivity index (χ2n) is 20.7. The average molecular weight is 1150 g/mol. The lowest BCUT2D eigenvalue weighted by molar-refractivity contribution is 0.0634. The van der Waals surface area contributed by atoms with E-state index < -0.39 is 17.6 Å². The predicted molar refractivity (Wildman–Crippen MR) is 331 cm³/mol. The zero-order valence-corrected chi connectivity index (χ0v) is 46.6. The molecule has 0 fully saturated rings. The molecule has 0 aliphatic carbocycles. The van der Waals surface area contributed by atoms with E-state index in [1.54, 1.807) is 124 Å². The van der Waals surface area contributed by atoms with Gasteiger partial charge in [0.15, 0.2) is 0 Å². The number of benzene rings is 6. The summed E-state index contributed by atoms with van der Waals surface area (Å²) in [7, 11) is 0. The van der Waals surface area contributed by atoms with E-state index >= 15 is 0 Å². The van der Waals surface area contributed by atoms with E-state index in [9.17, 15) is 19.2 Å². The van der Waals surface area contributed by atoms with Crippen LogP contribution >= 0.6 is 0 Å². The number of fused-ring (bicyclic) bond motifs is 6. The molecule has 14 aromatic rings. The number of rotatable bonds is 9. The molecule has 0 saturated carbocycles. The molecule has 0 aliphatic rings. The summed E-state index contributed by atoms with van der Waals surface area (Å²) in [4.78, 5) is 57.3. The van der Waals surface area contributed by atoms with Crippen LogP contribution in [-0.2, 0) is 4.74 Å². The van der Waals surface area contributed by atoms with Crippen molar-refractivity contribution in [2.24, 2.45) is 5.73 Å². The van der Waals surface area contributed by atoms with Gasteiger partial charge in [-0.2, -0.15) is 30.6 Å². The first-order valence-electron chi connectivity index (χ1n) is 27.0. The summed E-state index contributed by atoms with van der Waals surface area (Å²) in [5.74, 6) is 1.51. The molecule has 14 rings (SSSR count). The summed E-state index contributed by atoms with van der Waals surface area (Å²) in [6.45, 7) is 5.31. The summed E-state index contributed by atoms with van der Waals surface area (Å²) in [6.07, 6.45) is 7.29. The van der Waals surface area contributed by atoms with Crippen LogP contribution in [0.25, 0.3) is 99.6 Å². The minimum absolute atomic E-state index is 0.253. The highest BCUT2D eigenvalue weighted by atomic mass is 16.6. The molecule has 426 valence electrons. The summed E-state index contributed by atoms with van der Waals surface area (Å²) in [5.41, 5.74) is 19.4. The topological polar surface area (TPSA) is 308 Å². The second-order valence-corrected chi connectivity index (χ2v) is 20.7. The number of hydrogen-bond acceptors (Lipinski definition) is 17. The quantitative estimate of drug-likeness (QED) is 0.0897. The summed E-state index contributed by atoms with van der Waals surface area (Å²) in [5, 5.41) is 38.1. The van der Waals surface area contributed by atoms with Crippen molar-refractivity contribution in [2.75, 3.05) is 21.7 Å². The number of carbonyl (C=O) groups excluding carboxylic acids is 4. The van der Waals surface area contributed by atoms with Crippen LogP contribution in [0.5, 0.6) is 0 Å². The maximum atomic E-state index is 13.1. The van der Waals surface area contributed by atoms with E-state index in [1.165, 1.54) is 6.20 Å². The Morgan fingerprint density at radius 2 is 0.862 bits per heavy atom. The smallest absolute Gasteiger partial charge is 0.413 e. The highest BCUT2D eigenvalue weighted by Gasteiger charge is 2.20. The van der Waals surface area contributed by atoms with Gasteiger partial charge in [0.1, 0.15) is 51.3 Å². The molecule has 8 heterocycles. The van der Waals surface area contributed by atoms with Gasteiger partial charge < -0.3 is 40.1 Å². The van der Waals surface area contributed by atoms with Crippen molar-refractivity contribution in [3.63, 3.8) is 0 Å². The number of carbonyl (C=O) groups is 4. The van der Waals surface area contributed by atoms with Crippen LogP contribution in [0.4, 0.5) is 27.8 Å². The highest BCUT2D eigenvalue weighted by molar-refractivity contribution is 6.09. The fourth-order valence-corrected chi connectivity index (χ4v) is 9.46. The normalized spacial score (nSPS) is 11.2. The number of nitrogens with zero attached hydrogens (tertiary/aromatic N) is 8. The zero-order valence-electron chi connectivity index (χ0n) is 46.6. The molecule has 0 spiro atoms. The molecule has 0 atom stereocenters. The Morgan fingerprint density at radius 1 is 0.460 bits per heavy atom. The van der Waals surface area contributed by atoms with Crippen molar-refractivity contribution in [1.29, 1.82) is 0 Å². The van der Waals surface area contributed by atoms with E-state index in [0.717, 1.165) is 65.8 Å². The maximum absolute atomic E-state index is 13.1. The van der Waals surface area contributed by atoms with Gasteiger partial charge in [-0.15, -0.1) is 0 Å². The Bertz CT molecular complexity index is 4880. The molecule has 0 aliphatic heterocycles. The summed E-state index contributed by atoms with van der Waals surface area (Å²) >= 11 is 0. The number of para-hydroxylation sites is 3. The molecule has 6 aromatic carbocycles. The molecule has 0 unspecified atom stereocenters. The molecule has 7 N–H and O–H groups in total. The maximum Gasteiger partial charge on any atom is 0.413 e. The van der Waals surface area contributed by atoms with Gasteiger partial charge in [-0.1, -0.05) is 54.6 Å². The third kappa shape index (κ3) is 12.4. The molecule has 0 saturated heterocycles. The minimum atomic E-state index is -0.641. The Hall–Kier alpha value is -12.3. The van der Waals surface area contributed by atoms with Crippen LogP contribution in [0.3, 0.4) is 0 Å². The standard InChI is InChI=1S/C27H23N5O4.C22H15N5O2.C17H11N3O2/c1-27(2,3)36-26(34)31-24-14-18(10-11-28-24)30-25(33)17-8-9-21-19(12-17)20(15-29-32-21)23-13-16-6-4-5-7-22(16)35-23;23-21-11-15(7-8-24-21)26-22(28)14-5-6-18-16(9-14)17(12-25-27-18)20-10-13-3-1-2-4-19(13)29-20;18-17(21)11-5-6-14-12(7-11)13(9-19-20-14)16-8-10-3-1-2-4-15(10)22-16/h4-15H,1-3H3,(H2,28,30,31,33,34);1-12H,(H3,23,24,26,28);1-9H,(H2,18,21). The minimum Gasteiger partial charge on any atom is -0.456 e. The van der Waals surface area contributed by atoms with Crippen molar-refractivity contribution in [1.82, 2.24) is 40.6 Å². The van der Waals surface area contributed by atoms with Gasteiger partial charge in [0.25, 0.3) is 11.8 Å². The Morgan fingerprint density at radius 3 is 1.28 bits per heavy atom. The number of amides is 4. The van der Waals surface area contributed by atoms with Crippen LogP contribution in [0.15, 0.2) is 214 Å². The molecular formula is C66H49N13O8.